The highest BCUT2D eigenvalue weighted by Crippen LogP contribution is 2.25. The molecule has 1 nitrogen and oxygen atoms in total. The van der Waals surface area contributed by atoms with Gasteiger partial charge in [-0.15, -0.1) is 11.3 Å². The van der Waals surface area contributed by atoms with E-state index in [1.54, 1.807) is 11.3 Å². The Bertz CT molecular complexity index is 670. The van der Waals surface area contributed by atoms with Gasteiger partial charge in [0.1, 0.15) is 0 Å². The third-order valence-corrected chi connectivity index (χ3v) is 4.56. The number of fused-ring (bicyclic) bond motifs is 1. The summed E-state index contributed by atoms with van der Waals surface area (Å²) in [5.41, 5.74) is 1.19. The van der Waals surface area contributed by atoms with Crippen molar-refractivity contribution in [3.8, 4) is 0 Å². The lowest BCUT2D eigenvalue weighted by atomic mass is 10.1. The smallest absolute Gasteiger partial charge is 0.0494 e. The van der Waals surface area contributed by atoms with E-state index in [-0.39, 0.29) is 0 Å². The molecule has 0 radical (unpaired) electrons. The monoisotopic (exact) mass is 317 g/mol. The zero-order valence-corrected chi connectivity index (χ0v) is 12.1. The SMILES string of the molecule is Brc1csc(CNc2cccc3ccccc23)c1. The maximum atomic E-state index is 3.51. The van der Waals surface area contributed by atoms with Crippen LogP contribution < -0.4 is 5.32 Å². The van der Waals surface area contributed by atoms with Crippen molar-refractivity contribution in [1.82, 2.24) is 0 Å². The normalized spacial score (nSPS) is 10.7. The lowest BCUT2D eigenvalue weighted by molar-refractivity contribution is 1.20. The summed E-state index contributed by atoms with van der Waals surface area (Å²) in [5.74, 6) is 0. The summed E-state index contributed by atoms with van der Waals surface area (Å²) in [4.78, 5) is 1.33. The Morgan fingerprint density at radius 3 is 2.72 bits per heavy atom. The molecule has 0 aliphatic carbocycles. The number of halogens is 1. The molecule has 1 aromatic heterocycles. The highest BCUT2D eigenvalue weighted by molar-refractivity contribution is 9.10. The van der Waals surface area contributed by atoms with Crippen LogP contribution in [0, 0.1) is 0 Å². The first-order valence-corrected chi connectivity index (χ1v) is 7.45. The van der Waals surface area contributed by atoms with Crippen LogP contribution in [0.5, 0.6) is 0 Å². The summed E-state index contributed by atoms with van der Waals surface area (Å²) in [5, 5.41) is 8.16. The van der Waals surface area contributed by atoms with Gasteiger partial charge in [-0.2, -0.15) is 0 Å². The molecule has 0 atom stereocenters. The Labute approximate surface area is 119 Å². The molecule has 3 aromatic rings. The Balaban J connectivity index is 1.86. The summed E-state index contributed by atoms with van der Waals surface area (Å²) >= 11 is 5.25. The van der Waals surface area contributed by atoms with Crippen LogP contribution in [0.2, 0.25) is 0 Å². The molecule has 0 fully saturated rings. The van der Waals surface area contributed by atoms with Crippen LogP contribution in [-0.2, 0) is 6.54 Å². The number of hydrogen-bond acceptors (Lipinski definition) is 2. The topological polar surface area (TPSA) is 12.0 Å². The van der Waals surface area contributed by atoms with Gasteiger partial charge >= 0.3 is 0 Å². The number of benzene rings is 2. The number of nitrogens with one attached hydrogen (secondary N) is 1. The Hall–Kier alpha value is -1.32. The van der Waals surface area contributed by atoms with Gasteiger partial charge < -0.3 is 5.32 Å². The van der Waals surface area contributed by atoms with Crippen molar-refractivity contribution in [3.05, 3.63) is 63.3 Å². The first kappa shape index (κ1) is 11.8. The van der Waals surface area contributed by atoms with Gasteiger partial charge in [-0.25, -0.2) is 0 Å². The largest absolute Gasteiger partial charge is 0.380 e. The quantitative estimate of drug-likeness (QED) is 0.693. The van der Waals surface area contributed by atoms with Crippen LogP contribution in [0.3, 0.4) is 0 Å². The standard InChI is InChI=1S/C15H12BrNS/c16-12-8-13(18-10-12)9-17-15-7-3-5-11-4-1-2-6-14(11)15/h1-8,10,17H,9H2. The number of thiophene rings is 1. The third kappa shape index (κ3) is 2.42. The molecule has 3 heteroatoms. The summed E-state index contributed by atoms with van der Waals surface area (Å²) < 4.78 is 1.15. The highest BCUT2D eigenvalue weighted by Gasteiger charge is 2.01. The molecular formula is C15H12BrNS. The first-order valence-electron chi connectivity index (χ1n) is 5.77. The van der Waals surface area contributed by atoms with Crippen molar-refractivity contribution in [3.63, 3.8) is 0 Å². The predicted octanol–water partition coefficient (Wildman–Crippen LogP) is 5.28. The average molecular weight is 318 g/mol. The van der Waals surface area contributed by atoms with Gasteiger partial charge in [-0.3, -0.25) is 0 Å². The molecule has 0 unspecified atom stereocenters. The van der Waals surface area contributed by atoms with Gasteiger partial charge in [-0.05, 0) is 33.4 Å². The van der Waals surface area contributed by atoms with Crippen LogP contribution >= 0.6 is 27.3 Å². The fraction of sp³-hybridized carbons (Fsp3) is 0.0667. The van der Waals surface area contributed by atoms with Crippen molar-refractivity contribution >= 4 is 43.7 Å². The highest BCUT2D eigenvalue weighted by atomic mass is 79.9. The second-order valence-corrected chi connectivity index (χ2v) is 6.02. The van der Waals surface area contributed by atoms with E-state index < -0.39 is 0 Å². The molecule has 18 heavy (non-hydrogen) atoms. The van der Waals surface area contributed by atoms with Crippen molar-refractivity contribution in [2.75, 3.05) is 5.32 Å². The van der Waals surface area contributed by atoms with Gasteiger partial charge in [0, 0.05) is 32.3 Å². The zero-order chi connectivity index (χ0) is 12.4. The minimum atomic E-state index is 0.865. The molecule has 0 saturated carbocycles. The second kappa shape index (κ2) is 5.12. The number of anilines is 1. The number of hydrogen-bond donors (Lipinski definition) is 1. The minimum Gasteiger partial charge on any atom is -0.380 e. The van der Waals surface area contributed by atoms with Gasteiger partial charge in [-0.1, -0.05) is 36.4 Å². The molecule has 1 N–H and O–H groups in total. The molecular weight excluding hydrogens is 306 g/mol. The molecule has 1 heterocycles. The third-order valence-electron chi connectivity index (χ3n) is 2.86. The maximum Gasteiger partial charge on any atom is 0.0494 e. The average Bonchev–Trinajstić information content (AvgIpc) is 2.82. The Morgan fingerprint density at radius 2 is 1.89 bits per heavy atom. The van der Waals surface area contributed by atoms with Crippen molar-refractivity contribution < 1.29 is 0 Å². The fourth-order valence-electron chi connectivity index (χ4n) is 2.01. The van der Waals surface area contributed by atoms with Crippen molar-refractivity contribution in [2.45, 2.75) is 6.54 Å². The molecule has 0 aliphatic rings. The molecule has 2 aromatic carbocycles. The van der Waals surface area contributed by atoms with E-state index in [1.165, 1.54) is 21.3 Å². The van der Waals surface area contributed by atoms with Crippen LogP contribution in [0.1, 0.15) is 4.88 Å². The molecule has 0 amide bonds. The van der Waals surface area contributed by atoms with E-state index in [4.69, 9.17) is 0 Å². The van der Waals surface area contributed by atoms with E-state index in [1.807, 2.05) is 0 Å². The fourth-order valence-corrected chi connectivity index (χ4v) is 3.40. The number of rotatable bonds is 3. The van der Waals surface area contributed by atoms with Gasteiger partial charge in [0.2, 0.25) is 0 Å². The Kier molecular flexibility index (Phi) is 3.35. The summed E-state index contributed by atoms with van der Waals surface area (Å²) in [6, 6.07) is 17.0. The van der Waals surface area contributed by atoms with Gasteiger partial charge in [0.05, 0.1) is 0 Å². The van der Waals surface area contributed by atoms with Crippen molar-refractivity contribution in [2.24, 2.45) is 0 Å². The van der Waals surface area contributed by atoms with E-state index in [2.05, 4.69) is 75.2 Å². The molecule has 0 bridgehead atoms. The molecule has 0 spiro atoms. The second-order valence-electron chi connectivity index (χ2n) is 4.11. The van der Waals surface area contributed by atoms with Gasteiger partial charge in [0.25, 0.3) is 0 Å². The summed E-state index contributed by atoms with van der Waals surface area (Å²) in [6.07, 6.45) is 0. The van der Waals surface area contributed by atoms with E-state index in [9.17, 15) is 0 Å². The molecule has 90 valence electrons. The summed E-state index contributed by atoms with van der Waals surface area (Å²) in [7, 11) is 0. The Morgan fingerprint density at radius 1 is 1.06 bits per heavy atom. The predicted molar refractivity (Wildman–Crippen MR) is 83.3 cm³/mol. The van der Waals surface area contributed by atoms with Crippen molar-refractivity contribution in [1.29, 1.82) is 0 Å². The van der Waals surface area contributed by atoms with Crippen LogP contribution in [-0.4, -0.2) is 0 Å². The summed E-state index contributed by atoms with van der Waals surface area (Å²) in [6.45, 7) is 0.865. The van der Waals surface area contributed by atoms with E-state index >= 15 is 0 Å². The van der Waals surface area contributed by atoms with Gasteiger partial charge in [0.15, 0.2) is 0 Å². The van der Waals surface area contributed by atoms with E-state index in [0.29, 0.717) is 0 Å². The maximum absolute atomic E-state index is 3.51. The molecule has 3 rings (SSSR count). The van der Waals surface area contributed by atoms with Crippen LogP contribution in [0.25, 0.3) is 10.8 Å². The van der Waals surface area contributed by atoms with Crippen LogP contribution in [0.4, 0.5) is 5.69 Å². The molecule has 0 aliphatic heterocycles. The molecule has 0 saturated heterocycles. The zero-order valence-electron chi connectivity index (χ0n) is 9.69. The first-order chi connectivity index (χ1) is 8.83. The lowest BCUT2D eigenvalue weighted by Crippen LogP contribution is -1.97. The lowest BCUT2D eigenvalue weighted by Gasteiger charge is -2.08. The van der Waals surface area contributed by atoms with E-state index in [0.717, 1.165) is 11.0 Å². The van der Waals surface area contributed by atoms with Crippen LogP contribution in [0.15, 0.2) is 58.4 Å². The minimum absolute atomic E-state index is 0.865.